The molecule has 1 heterocycles. The molecule has 0 spiro atoms. The van der Waals surface area contributed by atoms with Crippen molar-refractivity contribution in [2.45, 2.75) is 19.5 Å². The lowest BCUT2D eigenvalue weighted by atomic mass is 10.1. The normalized spacial score (nSPS) is 12.0. The van der Waals surface area contributed by atoms with E-state index in [-0.39, 0.29) is 18.5 Å². The van der Waals surface area contributed by atoms with Crippen LogP contribution in [0, 0.1) is 0 Å². The third-order valence-electron chi connectivity index (χ3n) is 3.03. The number of rotatable bonds is 5. The van der Waals surface area contributed by atoms with E-state index in [0.717, 1.165) is 11.3 Å². The maximum absolute atomic E-state index is 11.3. The molecular weight excluding hydrogens is 311 g/mol. The predicted octanol–water partition coefficient (Wildman–Crippen LogP) is 3.11. The van der Waals surface area contributed by atoms with Crippen LogP contribution in [0.25, 0.3) is 0 Å². The molecule has 112 valence electrons. The molecule has 21 heavy (non-hydrogen) atoms. The van der Waals surface area contributed by atoms with Gasteiger partial charge >= 0.3 is 0 Å². The van der Waals surface area contributed by atoms with Crippen LogP contribution in [0.4, 0.5) is 5.69 Å². The molecule has 1 aromatic carbocycles. The van der Waals surface area contributed by atoms with Crippen molar-refractivity contribution in [2.24, 2.45) is 0 Å². The Hall–Kier alpha value is -1.72. The third-order valence-corrected chi connectivity index (χ3v) is 3.60. The fourth-order valence-corrected chi connectivity index (χ4v) is 2.39. The number of benzene rings is 1. The van der Waals surface area contributed by atoms with Crippen molar-refractivity contribution < 1.29 is 4.79 Å². The van der Waals surface area contributed by atoms with Crippen molar-refractivity contribution in [1.29, 1.82) is 0 Å². The Labute approximate surface area is 133 Å². The summed E-state index contributed by atoms with van der Waals surface area (Å²) in [5.74, 6) is -0.101. The van der Waals surface area contributed by atoms with Gasteiger partial charge in [0.15, 0.2) is 0 Å². The van der Waals surface area contributed by atoms with Crippen LogP contribution in [-0.4, -0.2) is 22.7 Å². The fraction of sp³-hybridized carbons (Fsp3) is 0.286. The lowest BCUT2D eigenvalue weighted by molar-refractivity contribution is -0.121. The average Bonchev–Trinajstić information content (AvgIpc) is 2.88. The van der Waals surface area contributed by atoms with Crippen molar-refractivity contribution in [3.63, 3.8) is 0 Å². The topological polar surface area (TPSA) is 59.0 Å². The molecule has 0 bridgehead atoms. The number of carbonyl (C=O) groups excluding carboxylic acids is 1. The number of nitrogens with zero attached hydrogens (tertiary/aromatic N) is 2. The van der Waals surface area contributed by atoms with Gasteiger partial charge in [-0.2, -0.15) is 5.10 Å². The molecule has 0 saturated heterocycles. The van der Waals surface area contributed by atoms with Crippen LogP contribution >= 0.6 is 23.2 Å². The van der Waals surface area contributed by atoms with Crippen LogP contribution in [0.5, 0.6) is 0 Å². The van der Waals surface area contributed by atoms with Gasteiger partial charge in [0.1, 0.15) is 6.54 Å². The van der Waals surface area contributed by atoms with Crippen molar-refractivity contribution >= 4 is 34.8 Å². The summed E-state index contributed by atoms with van der Waals surface area (Å²) in [4.78, 5) is 11.3. The average molecular weight is 327 g/mol. The van der Waals surface area contributed by atoms with Gasteiger partial charge in [0.05, 0.1) is 17.9 Å². The number of carbonyl (C=O) groups is 1. The first kappa shape index (κ1) is 15.7. The molecule has 0 saturated carbocycles. The molecule has 0 aliphatic rings. The molecule has 0 aliphatic carbocycles. The Kier molecular flexibility index (Phi) is 5.09. The van der Waals surface area contributed by atoms with Gasteiger partial charge in [0.2, 0.25) is 5.91 Å². The number of amides is 1. The molecule has 1 aromatic heterocycles. The zero-order chi connectivity index (χ0) is 15.4. The second-order valence-electron chi connectivity index (χ2n) is 4.63. The standard InChI is InChI=1S/C14H16Cl2N4O/c1-9(12-5-10(15)3-4-13(12)16)19-11-6-18-20(7-11)8-14(21)17-2/h3-7,9,19H,8H2,1-2H3,(H,17,21). The summed E-state index contributed by atoms with van der Waals surface area (Å²) in [6, 6.07) is 5.32. The number of nitrogens with one attached hydrogen (secondary N) is 2. The van der Waals surface area contributed by atoms with Crippen LogP contribution in [0.3, 0.4) is 0 Å². The molecule has 0 radical (unpaired) electrons. The minimum absolute atomic E-state index is 0.0335. The number of hydrogen-bond donors (Lipinski definition) is 2. The van der Waals surface area contributed by atoms with Crippen LogP contribution in [0.15, 0.2) is 30.6 Å². The zero-order valence-electron chi connectivity index (χ0n) is 11.7. The van der Waals surface area contributed by atoms with E-state index in [1.165, 1.54) is 0 Å². The second-order valence-corrected chi connectivity index (χ2v) is 5.48. The van der Waals surface area contributed by atoms with E-state index in [1.54, 1.807) is 36.3 Å². The highest BCUT2D eigenvalue weighted by molar-refractivity contribution is 6.33. The Morgan fingerprint density at radius 3 is 2.90 bits per heavy atom. The van der Waals surface area contributed by atoms with Gasteiger partial charge < -0.3 is 10.6 Å². The Morgan fingerprint density at radius 1 is 1.43 bits per heavy atom. The van der Waals surface area contributed by atoms with E-state index in [0.29, 0.717) is 10.0 Å². The first-order chi connectivity index (χ1) is 9.99. The maximum atomic E-state index is 11.3. The monoisotopic (exact) mass is 326 g/mol. The quantitative estimate of drug-likeness (QED) is 0.887. The van der Waals surface area contributed by atoms with Crippen molar-refractivity contribution in [2.75, 3.05) is 12.4 Å². The molecule has 0 fully saturated rings. The molecule has 7 heteroatoms. The number of halogens is 2. The van der Waals surface area contributed by atoms with Crippen LogP contribution in [-0.2, 0) is 11.3 Å². The summed E-state index contributed by atoms with van der Waals surface area (Å²) in [6.07, 6.45) is 3.43. The van der Waals surface area contributed by atoms with Crippen molar-refractivity contribution in [1.82, 2.24) is 15.1 Å². The largest absolute Gasteiger partial charge is 0.376 e. The van der Waals surface area contributed by atoms with E-state index in [4.69, 9.17) is 23.2 Å². The Balaban J connectivity index is 2.07. The highest BCUT2D eigenvalue weighted by Gasteiger charge is 2.11. The van der Waals surface area contributed by atoms with Crippen LogP contribution < -0.4 is 10.6 Å². The Morgan fingerprint density at radius 2 is 2.19 bits per heavy atom. The van der Waals surface area contributed by atoms with Gasteiger partial charge in [-0.3, -0.25) is 9.48 Å². The van der Waals surface area contributed by atoms with Crippen molar-refractivity contribution in [3.8, 4) is 0 Å². The van der Waals surface area contributed by atoms with E-state index in [9.17, 15) is 4.79 Å². The second kappa shape index (κ2) is 6.83. The first-order valence-electron chi connectivity index (χ1n) is 6.44. The van der Waals surface area contributed by atoms with Gasteiger partial charge in [0.25, 0.3) is 0 Å². The van der Waals surface area contributed by atoms with Crippen LogP contribution in [0.2, 0.25) is 10.0 Å². The molecule has 2 aromatic rings. The number of aromatic nitrogens is 2. The summed E-state index contributed by atoms with van der Waals surface area (Å²) in [5, 5.41) is 11.2. The van der Waals surface area contributed by atoms with Gasteiger partial charge in [-0.05, 0) is 30.7 Å². The summed E-state index contributed by atoms with van der Waals surface area (Å²) >= 11 is 12.2. The SMILES string of the molecule is CNC(=O)Cn1cc(NC(C)c2cc(Cl)ccc2Cl)cn1. The third kappa shape index (κ3) is 4.12. The Bertz CT molecular complexity index is 642. The summed E-state index contributed by atoms with van der Waals surface area (Å²) in [5.41, 5.74) is 1.71. The minimum atomic E-state index is -0.101. The highest BCUT2D eigenvalue weighted by Crippen LogP contribution is 2.28. The number of anilines is 1. The van der Waals surface area contributed by atoms with Crippen LogP contribution in [0.1, 0.15) is 18.5 Å². The molecule has 5 nitrogen and oxygen atoms in total. The summed E-state index contributed by atoms with van der Waals surface area (Å²) in [6.45, 7) is 2.16. The van der Waals surface area contributed by atoms with E-state index in [2.05, 4.69) is 15.7 Å². The van der Waals surface area contributed by atoms with Gasteiger partial charge in [-0.15, -0.1) is 0 Å². The van der Waals surface area contributed by atoms with E-state index in [1.807, 2.05) is 13.0 Å². The lowest BCUT2D eigenvalue weighted by Gasteiger charge is -2.15. The summed E-state index contributed by atoms with van der Waals surface area (Å²) < 4.78 is 1.56. The highest BCUT2D eigenvalue weighted by atomic mass is 35.5. The molecule has 1 unspecified atom stereocenters. The van der Waals surface area contributed by atoms with E-state index >= 15 is 0 Å². The van der Waals surface area contributed by atoms with Gasteiger partial charge in [0, 0.05) is 23.3 Å². The summed E-state index contributed by atoms with van der Waals surface area (Å²) in [7, 11) is 1.59. The lowest BCUT2D eigenvalue weighted by Crippen LogP contribution is -2.23. The molecule has 2 N–H and O–H groups in total. The number of likely N-dealkylation sites (N-methyl/N-ethyl adjacent to an activating group) is 1. The maximum Gasteiger partial charge on any atom is 0.241 e. The molecule has 2 rings (SSSR count). The smallest absolute Gasteiger partial charge is 0.241 e. The minimum Gasteiger partial charge on any atom is -0.376 e. The molecule has 1 amide bonds. The molecule has 1 atom stereocenters. The zero-order valence-corrected chi connectivity index (χ0v) is 13.2. The predicted molar refractivity (Wildman–Crippen MR) is 84.8 cm³/mol. The molecule has 0 aliphatic heterocycles. The number of hydrogen-bond acceptors (Lipinski definition) is 3. The van der Waals surface area contributed by atoms with Gasteiger partial charge in [-0.25, -0.2) is 0 Å². The first-order valence-corrected chi connectivity index (χ1v) is 7.19. The molecular formula is C14H16Cl2N4O. The fourth-order valence-electron chi connectivity index (χ4n) is 1.92. The van der Waals surface area contributed by atoms with Crippen molar-refractivity contribution in [3.05, 3.63) is 46.2 Å². The van der Waals surface area contributed by atoms with Gasteiger partial charge in [-0.1, -0.05) is 23.2 Å². The van der Waals surface area contributed by atoms with E-state index < -0.39 is 0 Å².